The Bertz CT molecular complexity index is 569. The number of halogens is 1. The minimum absolute atomic E-state index is 0.0917. The Morgan fingerprint density at radius 3 is 2.65 bits per heavy atom. The predicted molar refractivity (Wildman–Crippen MR) is 89.8 cm³/mol. The van der Waals surface area contributed by atoms with Gasteiger partial charge in [-0.05, 0) is 37.5 Å². The van der Waals surface area contributed by atoms with Gasteiger partial charge >= 0.3 is 0 Å². The van der Waals surface area contributed by atoms with Crippen LogP contribution in [0.25, 0.3) is 0 Å². The van der Waals surface area contributed by atoms with Crippen LogP contribution in [0.4, 0.5) is 0 Å². The van der Waals surface area contributed by atoms with Crippen molar-refractivity contribution in [3.63, 3.8) is 0 Å². The number of nitrogens with one attached hydrogen (secondary N) is 1. The average Bonchev–Trinajstić information content (AvgIpc) is 2.55. The van der Waals surface area contributed by atoms with Gasteiger partial charge in [-0.2, -0.15) is 0 Å². The molecule has 1 aromatic rings. The van der Waals surface area contributed by atoms with Gasteiger partial charge in [-0.25, -0.2) is 0 Å². The fourth-order valence-electron chi connectivity index (χ4n) is 2.62. The van der Waals surface area contributed by atoms with Crippen LogP contribution in [0.1, 0.15) is 35.2 Å². The number of rotatable bonds is 5. The zero-order chi connectivity index (χ0) is 16.8. The van der Waals surface area contributed by atoms with Crippen molar-refractivity contribution in [1.82, 2.24) is 10.2 Å². The second kappa shape index (κ2) is 8.31. The van der Waals surface area contributed by atoms with E-state index in [0.717, 1.165) is 18.4 Å². The van der Waals surface area contributed by atoms with Gasteiger partial charge in [0.2, 0.25) is 5.91 Å². The Morgan fingerprint density at radius 1 is 1.35 bits per heavy atom. The number of ether oxygens (including phenoxy) is 1. The monoisotopic (exact) mass is 338 g/mol. The zero-order valence-electron chi connectivity index (χ0n) is 13.6. The number of aryl methyl sites for hydroxylation is 1. The molecule has 2 rings (SSSR count). The number of carbonyl (C=O) groups is 2. The normalized spacial score (nSPS) is 15.5. The fourth-order valence-corrected chi connectivity index (χ4v) is 2.80. The number of hydrogen-bond acceptors (Lipinski definition) is 3. The van der Waals surface area contributed by atoms with Gasteiger partial charge in [-0.3, -0.25) is 9.59 Å². The molecule has 1 aliphatic heterocycles. The first kappa shape index (κ1) is 17.8. The molecule has 5 nitrogen and oxygen atoms in total. The molecule has 1 saturated heterocycles. The number of piperidine rings is 1. The van der Waals surface area contributed by atoms with Gasteiger partial charge in [0.25, 0.3) is 5.91 Å². The Kier molecular flexibility index (Phi) is 6.42. The summed E-state index contributed by atoms with van der Waals surface area (Å²) >= 11 is 6.06. The number of methoxy groups -OCH3 is 1. The highest BCUT2D eigenvalue weighted by atomic mass is 35.5. The molecule has 2 amide bonds. The molecular formula is C17H23ClN2O3. The third-order valence-corrected chi connectivity index (χ3v) is 4.54. The fraction of sp³-hybridized carbons (Fsp3) is 0.529. The maximum absolute atomic E-state index is 12.3. The number of benzene rings is 1. The van der Waals surface area contributed by atoms with Crippen molar-refractivity contribution >= 4 is 23.4 Å². The SMILES string of the molecule is COCCC(=O)N1CCC(NC(=O)c2ccc(C)c(Cl)c2)CC1. The molecule has 1 aromatic carbocycles. The summed E-state index contributed by atoms with van der Waals surface area (Å²) in [6.45, 7) is 3.69. The van der Waals surface area contributed by atoms with Gasteiger partial charge in [0.05, 0.1) is 13.0 Å². The first-order valence-electron chi connectivity index (χ1n) is 7.85. The van der Waals surface area contributed by atoms with Crippen molar-refractivity contribution in [3.05, 3.63) is 34.3 Å². The highest BCUT2D eigenvalue weighted by Gasteiger charge is 2.23. The number of likely N-dealkylation sites (tertiary alicyclic amines) is 1. The van der Waals surface area contributed by atoms with Crippen LogP contribution in [0.2, 0.25) is 5.02 Å². The summed E-state index contributed by atoms with van der Waals surface area (Å²) in [5.74, 6) is -0.00185. The largest absolute Gasteiger partial charge is 0.384 e. The molecule has 0 aromatic heterocycles. The highest BCUT2D eigenvalue weighted by molar-refractivity contribution is 6.31. The molecule has 23 heavy (non-hydrogen) atoms. The number of carbonyl (C=O) groups excluding carboxylic acids is 2. The summed E-state index contributed by atoms with van der Waals surface area (Å²) in [6, 6.07) is 5.40. The predicted octanol–water partition coefficient (Wildman–Crippen LogP) is 2.41. The van der Waals surface area contributed by atoms with E-state index in [4.69, 9.17) is 16.3 Å². The third-order valence-electron chi connectivity index (χ3n) is 4.14. The van der Waals surface area contributed by atoms with E-state index in [0.29, 0.717) is 36.7 Å². The second-order valence-electron chi connectivity index (χ2n) is 5.84. The molecular weight excluding hydrogens is 316 g/mol. The molecule has 6 heteroatoms. The Morgan fingerprint density at radius 2 is 2.04 bits per heavy atom. The molecule has 1 heterocycles. The smallest absolute Gasteiger partial charge is 0.251 e. The van der Waals surface area contributed by atoms with Crippen LogP contribution in [0.15, 0.2) is 18.2 Å². The first-order chi connectivity index (χ1) is 11.0. The van der Waals surface area contributed by atoms with Crippen LogP contribution < -0.4 is 5.32 Å². The lowest BCUT2D eigenvalue weighted by atomic mass is 10.0. The highest BCUT2D eigenvalue weighted by Crippen LogP contribution is 2.17. The molecule has 0 unspecified atom stereocenters. The third kappa shape index (κ3) is 4.94. The van der Waals surface area contributed by atoms with Crippen molar-refractivity contribution < 1.29 is 14.3 Å². The Hall–Kier alpha value is -1.59. The summed E-state index contributed by atoms with van der Waals surface area (Å²) in [5, 5.41) is 3.62. The molecule has 0 spiro atoms. The van der Waals surface area contributed by atoms with Crippen LogP contribution >= 0.6 is 11.6 Å². The van der Waals surface area contributed by atoms with Crippen molar-refractivity contribution in [1.29, 1.82) is 0 Å². The summed E-state index contributed by atoms with van der Waals surface area (Å²) in [7, 11) is 1.59. The van der Waals surface area contributed by atoms with Gasteiger partial charge in [-0.15, -0.1) is 0 Å². The van der Waals surface area contributed by atoms with Crippen molar-refractivity contribution in [2.75, 3.05) is 26.8 Å². The molecule has 0 atom stereocenters. The maximum atomic E-state index is 12.3. The lowest BCUT2D eigenvalue weighted by Gasteiger charge is -2.32. The van der Waals surface area contributed by atoms with Gasteiger partial charge in [0.15, 0.2) is 0 Å². The van der Waals surface area contributed by atoms with Crippen LogP contribution in [-0.2, 0) is 9.53 Å². The topological polar surface area (TPSA) is 58.6 Å². The zero-order valence-corrected chi connectivity index (χ0v) is 14.4. The van der Waals surface area contributed by atoms with E-state index in [1.165, 1.54) is 0 Å². The van der Waals surface area contributed by atoms with Crippen molar-refractivity contribution in [2.45, 2.75) is 32.2 Å². The van der Waals surface area contributed by atoms with Crippen molar-refractivity contribution in [2.24, 2.45) is 0 Å². The standard InChI is InChI=1S/C17H23ClN2O3/c1-12-3-4-13(11-15(12)18)17(22)19-14-5-8-20(9-6-14)16(21)7-10-23-2/h3-4,11,14H,5-10H2,1-2H3,(H,19,22). The van der Waals surface area contributed by atoms with Crippen LogP contribution in [-0.4, -0.2) is 49.6 Å². The van der Waals surface area contributed by atoms with Crippen LogP contribution in [0.3, 0.4) is 0 Å². The second-order valence-corrected chi connectivity index (χ2v) is 6.24. The number of amides is 2. The van der Waals surface area contributed by atoms with E-state index < -0.39 is 0 Å². The molecule has 1 fully saturated rings. The summed E-state index contributed by atoms with van der Waals surface area (Å²) in [5.41, 5.74) is 1.52. The summed E-state index contributed by atoms with van der Waals surface area (Å²) in [4.78, 5) is 26.0. The molecule has 0 radical (unpaired) electrons. The first-order valence-corrected chi connectivity index (χ1v) is 8.22. The van der Waals surface area contributed by atoms with E-state index in [1.807, 2.05) is 17.9 Å². The van der Waals surface area contributed by atoms with E-state index in [1.54, 1.807) is 19.2 Å². The van der Waals surface area contributed by atoms with Crippen LogP contribution in [0, 0.1) is 6.92 Å². The summed E-state index contributed by atoms with van der Waals surface area (Å²) in [6.07, 6.45) is 1.95. The molecule has 0 aliphatic carbocycles. The Balaban J connectivity index is 1.82. The van der Waals surface area contributed by atoms with E-state index in [-0.39, 0.29) is 17.9 Å². The Labute approximate surface area is 141 Å². The number of hydrogen-bond donors (Lipinski definition) is 1. The lowest BCUT2D eigenvalue weighted by Crippen LogP contribution is -2.46. The van der Waals surface area contributed by atoms with E-state index in [2.05, 4.69) is 5.32 Å². The van der Waals surface area contributed by atoms with Gasteiger partial charge in [0.1, 0.15) is 0 Å². The maximum Gasteiger partial charge on any atom is 0.251 e. The van der Waals surface area contributed by atoms with Crippen molar-refractivity contribution in [3.8, 4) is 0 Å². The minimum Gasteiger partial charge on any atom is -0.384 e. The van der Waals surface area contributed by atoms with Gasteiger partial charge < -0.3 is 15.0 Å². The van der Waals surface area contributed by atoms with Gasteiger partial charge in [-0.1, -0.05) is 17.7 Å². The molecule has 1 aliphatic rings. The quantitative estimate of drug-likeness (QED) is 0.897. The molecule has 0 bridgehead atoms. The average molecular weight is 339 g/mol. The number of nitrogens with zero attached hydrogens (tertiary/aromatic N) is 1. The summed E-state index contributed by atoms with van der Waals surface area (Å²) < 4.78 is 4.93. The van der Waals surface area contributed by atoms with Gasteiger partial charge in [0, 0.05) is 36.8 Å². The minimum atomic E-state index is -0.115. The molecule has 126 valence electrons. The van der Waals surface area contributed by atoms with Crippen LogP contribution in [0.5, 0.6) is 0 Å². The van der Waals surface area contributed by atoms with E-state index >= 15 is 0 Å². The van der Waals surface area contributed by atoms with E-state index in [9.17, 15) is 9.59 Å². The molecule has 0 saturated carbocycles. The lowest BCUT2D eigenvalue weighted by molar-refractivity contribution is -0.133. The molecule has 1 N–H and O–H groups in total.